The number of hydrogen-bond acceptors (Lipinski definition) is 0. The molecule has 0 aliphatic heterocycles. The van der Waals surface area contributed by atoms with Gasteiger partial charge >= 0.3 is 0 Å². The minimum atomic E-state index is 0.500. The number of allylic oxidation sites excluding steroid dienone is 5. The molecule has 58 valence electrons. The fraction of sp³-hybridized carbons (Fsp3) is 0.333. The van der Waals surface area contributed by atoms with Gasteiger partial charge in [0.25, 0.3) is 0 Å². The van der Waals surface area contributed by atoms with Crippen molar-refractivity contribution in [3.05, 3.63) is 36.5 Å². The van der Waals surface area contributed by atoms with E-state index in [9.17, 15) is 4.39 Å². The monoisotopic (exact) mass is 142 g/mol. The maximum absolute atomic E-state index is 9.50. The number of hydrogen-bond donors (Lipinski definition) is 0. The molecule has 0 aliphatic rings. The van der Waals surface area contributed by atoms with Crippen LogP contribution in [-0.2, 0) is 0 Å². The summed E-state index contributed by atoms with van der Waals surface area (Å²) in [7, 11) is 0.500. The molecule has 0 nitrogen and oxygen atoms in total. The molecule has 0 rings (SSSR count). The van der Waals surface area contributed by atoms with Gasteiger partial charge in [-0.2, -0.15) is 0 Å². The third-order valence-electron chi connectivity index (χ3n) is 0.951. The number of rotatable bonds is 2. The lowest BCUT2D eigenvalue weighted by Gasteiger charge is -1.82. The predicted molar refractivity (Wildman–Crippen MR) is 45.8 cm³/mol. The molecule has 0 amide bonds. The molecule has 0 unspecified atom stereocenters. The third-order valence-corrected chi connectivity index (χ3v) is 0.951. The Bertz CT molecular complexity index is 121. The van der Waals surface area contributed by atoms with Crippen molar-refractivity contribution >= 4 is 0 Å². The Morgan fingerprint density at radius 1 is 1.40 bits per heavy atom. The average Bonchev–Trinajstić information content (AvgIpc) is 2.04. The van der Waals surface area contributed by atoms with E-state index in [2.05, 4.69) is 19.6 Å². The highest BCUT2D eigenvalue weighted by atomic mass is 19.1. The molecule has 0 bridgehead atoms. The lowest BCUT2D eigenvalue weighted by molar-refractivity contribution is 0.636. The average molecular weight is 142 g/mol. The molecule has 0 saturated heterocycles. The van der Waals surface area contributed by atoms with Crippen LogP contribution in [0.25, 0.3) is 0 Å². The highest BCUT2D eigenvalue weighted by Crippen LogP contribution is 1.92. The van der Waals surface area contributed by atoms with E-state index in [1.165, 1.54) is 5.57 Å². The summed E-state index contributed by atoms with van der Waals surface area (Å²) in [4.78, 5) is 0. The standard InChI is InChI=1S/C8H12.CH3F/c1-4-6-7-8(3)5-2;1-2/h4-7H,1H2,2-3H3;1H3/b7-6-,8-5-;. The smallest absolute Gasteiger partial charge is 0.0785 e. The molecule has 0 fully saturated rings. The summed E-state index contributed by atoms with van der Waals surface area (Å²) in [6.45, 7) is 7.63. The highest BCUT2D eigenvalue weighted by molar-refractivity contribution is 5.18. The summed E-state index contributed by atoms with van der Waals surface area (Å²) in [5.74, 6) is 0. The van der Waals surface area contributed by atoms with Crippen LogP contribution >= 0.6 is 0 Å². The summed E-state index contributed by atoms with van der Waals surface area (Å²) < 4.78 is 9.50. The van der Waals surface area contributed by atoms with Gasteiger partial charge in [0, 0.05) is 0 Å². The number of halogens is 1. The molecule has 0 aromatic heterocycles. The summed E-state index contributed by atoms with van der Waals surface area (Å²) in [5, 5.41) is 0. The molecule has 0 saturated carbocycles. The maximum atomic E-state index is 9.50. The normalized spacial score (nSPS) is 10.6. The Morgan fingerprint density at radius 3 is 2.20 bits per heavy atom. The van der Waals surface area contributed by atoms with E-state index in [0.29, 0.717) is 7.18 Å². The van der Waals surface area contributed by atoms with Gasteiger partial charge in [-0.1, -0.05) is 36.5 Å². The predicted octanol–water partition coefficient (Wildman–Crippen LogP) is 3.28. The zero-order valence-electron chi connectivity index (χ0n) is 6.89. The molecule has 0 radical (unpaired) electrons. The van der Waals surface area contributed by atoms with Crippen molar-refractivity contribution in [3.8, 4) is 0 Å². The summed E-state index contributed by atoms with van der Waals surface area (Å²) in [6, 6.07) is 0. The van der Waals surface area contributed by atoms with Crippen molar-refractivity contribution in [1.29, 1.82) is 0 Å². The van der Waals surface area contributed by atoms with Crippen LogP contribution in [-0.4, -0.2) is 7.18 Å². The molecule has 0 atom stereocenters. The fourth-order valence-corrected chi connectivity index (χ4v) is 0.316. The Labute approximate surface area is 62.8 Å². The first-order valence-electron chi connectivity index (χ1n) is 3.11. The highest BCUT2D eigenvalue weighted by Gasteiger charge is 1.70. The van der Waals surface area contributed by atoms with Crippen LogP contribution in [0.3, 0.4) is 0 Å². The van der Waals surface area contributed by atoms with Crippen LogP contribution in [0.1, 0.15) is 13.8 Å². The van der Waals surface area contributed by atoms with Gasteiger partial charge < -0.3 is 0 Å². The van der Waals surface area contributed by atoms with Crippen molar-refractivity contribution in [2.45, 2.75) is 13.8 Å². The second-order valence-electron chi connectivity index (χ2n) is 1.63. The van der Waals surface area contributed by atoms with Gasteiger partial charge in [0.05, 0.1) is 7.18 Å². The summed E-state index contributed by atoms with van der Waals surface area (Å²) >= 11 is 0. The van der Waals surface area contributed by atoms with Crippen LogP contribution in [0.15, 0.2) is 36.5 Å². The number of alkyl halides is 1. The minimum Gasteiger partial charge on any atom is -0.255 e. The molecule has 0 aromatic rings. The fourth-order valence-electron chi connectivity index (χ4n) is 0.316. The van der Waals surface area contributed by atoms with E-state index in [4.69, 9.17) is 0 Å². The van der Waals surface area contributed by atoms with Crippen molar-refractivity contribution < 1.29 is 4.39 Å². The van der Waals surface area contributed by atoms with Crippen LogP contribution in [0.2, 0.25) is 0 Å². The largest absolute Gasteiger partial charge is 0.255 e. The summed E-state index contributed by atoms with van der Waals surface area (Å²) in [6.07, 6.45) is 7.77. The van der Waals surface area contributed by atoms with Crippen molar-refractivity contribution in [3.63, 3.8) is 0 Å². The Hall–Kier alpha value is -0.850. The lowest BCUT2D eigenvalue weighted by atomic mass is 10.3. The van der Waals surface area contributed by atoms with Crippen molar-refractivity contribution in [1.82, 2.24) is 0 Å². The third kappa shape index (κ3) is 10.2. The topological polar surface area (TPSA) is 0 Å². The molecule has 10 heavy (non-hydrogen) atoms. The molecule has 1 heteroatoms. The van der Waals surface area contributed by atoms with Crippen molar-refractivity contribution in [2.75, 3.05) is 7.18 Å². The molecule has 0 aliphatic carbocycles. The summed E-state index contributed by atoms with van der Waals surface area (Å²) in [5.41, 5.74) is 1.27. The maximum Gasteiger partial charge on any atom is 0.0785 e. The molecular formula is C9H15F. The van der Waals surface area contributed by atoms with Gasteiger partial charge in [0.2, 0.25) is 0 Å². The molecule has 0 aromatic carbocycles. The van der Waals surface area contributed by atoms with Gasteiger partial charge in [-0.25, -0.2) is 0 Å². The van der Waals surface area contributed by atoms with E-state index >= 15 is 0 Å². The Morgan fingerprint density at radius 2 is 1.90 bits per heavy atom. The van der Waals surface area contributed by atoms with Gasteiger partial charge in [0.15, 0.2) is 0 Å². The van der Waals surface area contributed by atoms with Crippen molar-refractivity contribution in [2.24, 2.45) is 0 Å². The van der Waals surface area contributed by atoms with Crippen LogP contribution in [0.4, 0.5) is 4.39 Å². The van der Waals surface area contributed by atoms with Gasteiger partial charge in [-0.15, -0.1) is 0 Å². The molecule has 0 N–H and O–H groups in total. The second kappa shape index (κ2) is 11.0. The van der Waals surface area contributed by atoms with Gasteiger partial charge in [-0.3, -0.25) is 4.39 Å². The Balaban J connectivity index is 0. The first-order chi connectivity index (χ1) is 4.81. The van der Waals surface area contributed by atoms with E-state index < -0.39 is 0 Å². The first kappa shape index (κ1) is 11.9. The van der Waals surface area contributed by atoms with E-state index in [1.807, 2.05) is 19.1 Å². The Kier molecular flexibility index (Phi) is 13.1. The van der Waals surface area contributed by atoms with E-state index in [0.717, 1.165) is 0 Å². The van der Waals surface area contributed by atoms with E-state index in [-0.39, 0.29) is 0 Å². The van der Waals surface area contributed by atoms with Crippen LogP contribution in [0.5, 0.6) is 0 Å². The zero-order chi connectivity index (χ0) is 8.41. The van der Waals surface area contributed by atoms with Gasteiger partial charge in [-0.05, 0) is 13.8 Å². The van der Waals surface area contributed by atoms with Crippen LogP contribution in [0, 0.1) is 0 Å². The SMILES string of the molecule is C=C/C=C\C(C)=C/C.CF. The second-order valence-corrected chi connectivity index (χ2v) is 1.63. The molecule has 0 heterocycles. The lowest BCUT2D eigenvalue weighted by Crippen LogP contribution is -1.60. The molecular weight excluding hydrogens is 127 g/mol. The minimum absolute atomic E-state index is 0.500. The van der Waals surface area contributed by atoms with Crippen LogP contribution < -0.4 is 0 Å². The van der Waals surface area contributed by atoms with E-state index in [1.54, 1.807) is 6.08 Å². The first-order valence-corrected chi connectivity index (χ1v) is 3.11. The quantitative estimate of drug-likeness (QED) is 0.519. The van der Waals surface area contributed by atoms with Gasteiger partial charge in [0.1, 0.15) is 0 Å². The molecule has 0 spiro atoms. The zero-order valence-corrected chi connectivity index (χ0v) is 6.89.